The van der Waals surface area contributed by atoms with E-state index in [9.17, 15) is 35.1 Å². The van der Waals surface area contributed by atoms with E-state index in [0.29, 0.717) is 19.4 Å². The second kappa shape index (κ2) is 62.7. The molecule has 494 valence electrons. The van der Waals surface area contributed by atoms with Crippen LogP contribution < -0.4 is 5.32 Å². The number of amides is 1. The number of hydrogen-bond donors (Lipinski definition) is 6. The second-order valence-electron chi connectivity index (χ2n) is 24.6. The standard InChI is InChI=1S/C74H133NO10/c1-3-5-7-9-11-13-41-46-50-54-58-62-70(79)83-63-59-55-51-47-43-40-38-36-34-32-30-28-26-24-22-20-18-16-14-15-17-19-21-23-25-27-29-31-33-35-37-39-42-45-49-53-57-61-69(78)75-66(67(77)60-56-52-48-44-12-10-8-6-4-2)65-84-74-73(82)72(81)71(80)68(64-76)85-74/h4,6,9,11-12,14,16,20,22,44,56,60,66-68,71-74,76-77,80-82H,3,5,7-8,10,13,15,17-19,21,23-43,45-55,57-59,61-65H2,1-2H3,(H,75,78)/b6-4+,11-9-,16-14-,22-20-,44-12+,60-56+. The smallest absolute Gasteiger partial charge is 0.305 e. The Labute approximate surface area is 521 Å². The van der Waals surface area contributed by atoms with E-state index in [-0.39, 0.29) is 18.5 Å². The molecule has 0 aliphatic carbocycles. The minimum absolute atomic E-state index is 0.000626. The van der Waals surface area contributed by atoms with Crippen LogP contribution in [-0.4, -0.2) is 100 Å². The highest BCUT2D eigenvalue weighted by atomic mass is 16.7. The fraction of sp³-hybridized carbons (Fsp3) is 0.811. The molecule has 0 radical (unpaired) electrons. The van der Waals surface area contributed by atoms with E-state index in [0.717, 1.165) is 70.6 Å². The number of nitrogens with one attached hydrogen (secondary N) is 1. The van der Waals surface area contributed by atoms with Gasteiger partial charge in [0.25, 0.3) is 0 Å². The molecule has 11 heteroatoms. The minimum Gasteiger partial charge on any atom is -0.466 e. The van der Waals surface area contributed by atoms with E-state index >= 15 is 0 Å². The Morgan fingerprint density at radius 2 is 0.847 bits per heavy atom. The molecule has 0 aromatic heterocycles. The first kappa shape index (κ1) is 80.1. The lowest BCUT2D eigenvalue weighted by molar-refractivity contribution is -0.302. The van der Waals surface area contributed by atoms with Gasteiger partial charge in [-0.1, -0.05) is 279 Å². The molecule has 7 unspecified atom stereocenters. The van der Waals surface area contributed by atoms with Crippen molar-refractivity contribution < 1.29 is 49.3 Å². The third kappa shape index (κ3) is 51.7. The molecule has 1 heterocycles. The molecule has 0 bridgehead atoms. The maximum atomic E-state index is 13.0. The lowest BCUT2D eigenvalue weighted by Gasteiger charge is -2.40. The van der Waals surface area contributed by atoms with E-state index in [1.165, 1.54) is 225 Å². The maximum absolute atomic E-state index is 13.0. The van der Waals surface area contributed by atoms with Crippen LogP contribution in [0.3, 0.4) is 0 Å². The van der Waals surface area contributed by atoms with Crippen LogP contribution in [0.1, 0.15) is 322 Å². The molecule has 7 atom stereocenters. The van der Waals surface area contributed by atoms with Crippen LogP contribution in [0.5, 0.6) is 0 Å². The van der Waals surface area contributed by atoms with Crippen LogP contribution in [0, 0.1) is 0 Å². The van der Waals surface area contributed by atoms with E-state index in [1.807, 2.05) is 19.1 Å². The SMILES string of the molecule is C/C=C/CC/C=C/CC/C=C/C(O)C(COC1OC(CO)C(O)C(O)C1O)NC(=O)CCCCCCCCCCCCCCCCCCC/C=C\C/C=C\CCCCCCCCCCCCCCCOC(=O)CCCCCCC/C=C\CCCC. The van der Waals surface area contributed by atoms with Gasteiger partial charge in [0.15, 0.2) is 6.29 Å². The van der Waals surface area contributed by atoms with Crippen LogP contribution in [0.25, 0.3) is 0 Å². The van der Waals surface area contributed by atoms with Gasteiger partial charge in [-0.15, -0.1) is 0 Å². The number of rotatable bonds is 62. The maximum Gasteiger partial charge on any atom is 0.305 e. The summed E-state index contributed by atoms with van der Waals surface area (Å²) in [5, 5.41) is 54.2. The van der Waals surface area contributed by atoms with Crippen LogP contribution in [-0.2, 0) is 23.8 Å². The molecule has 1 saturated heterocycles. The molecule has 1 aliphatic rings. The normalized spacial score (nSPS) is 18.4. The van der Waals surface area contributed by atoms with Gasteiger partial charge < -0.3 is 45.1 Å². The molecule has 11 nitrogen and oxygen atoms in total. The predicted molar refractivity (Wildman–Crippen MR) is 356 cm³/mol. The van der Waals surface area contributed by atoms with Gasteiger partial charge in [-0.25, -0.2) is 0 Å². The third-order valence-electron chi connectivity index (χ3n) is 16.6. The molecular formula is C74H133NO10. The zero-order valence-electron chi connectivity index (χ0n) is 54.8. The van der Waals surface area contributed by atoms with E-state index in [1.54, 1.807) is 6.08 Å². The van der Waals surface area contributed by atoms with Crippen molar-refractivity contribution in [2.75, 3.05) is 19.8 Å². The number of esters is 1. The largest absolute Gasteiger partial charge is 0.466 e. The van der Waals surface area contributed by atoms with Crippen LogP contribution in [0.15, 0.2) is 72.9 Å². The number of hydrogen-bond acceptors (Lipinski definition) is 10. The van der Waals surface area contributed by atoms with Gasteiger partial charge >= 0.3 is 5.97 Å². The van der Waals surface area contributed by atoms with Crippen LogP contribution >= 0.6 is 0 Å². The Morgan fingerprint density at radius 3 is 1.31 bits per heavy atom. The molecular weight excluding hydrogens is 1060 g/mol. The van der Waals surface area contributed by atoms with E-state index in [2.05, 4.69) is 66.9 Å². The molecule has 0 aromatic carbocycles. The van der Waals surface area contributed by atoms with Gasteiger partial charge in [-0.3, -0.25) is 9.59 Å². The highest BCUT2D eigenvalue weighted by Crippen LogP contribution is 2.23. The van der Waals surface area contributed by atoms with Crippen LogP contribution in [0.4, 0.5) is 0 Å². The van der Waals surface area contributed by atoms with Crippen molar-refractivity contribution in [2.45, 2.75) is 365 Å². The zero-order chi connectivity index (χ0) is 61.6. The Bertz CT molecular complexity index is 1640. The van der Waals surface area contributed by atoms with Crippen molar-refractivity contribution in [3.05, 3.63) is 72.9 Å². The Kier molecular flexibility index (Phi) is 59.1. The van der Waals surface area contributed by atoms with Crippen molar-refractivity contribution in [3.8, 4) is 0 Å². The fourth-order valence-corrected chi connectivity index (χ4v) is 11.0. The molecule has 1 amide bonds. The van der Waals surface area contributed by atoms with Crippen molar-refractivity contribution in [3.63, 3.8) is 0 Å². The van der Waals surface area contributed by atoms with Crippen molar-refractivity contribution in [2.24, 2.45) is 0 Å². The summed E-state index contributed by atoms with van der Waals surface area (Å²) < 4.78 is 16.7. The molecule has 0 saturated carbocycles. The molecule has 1 rings (SSSR count). The summed E-state index contributed by atoms with van der Waals surface area (Å²) in [6, 6.07) is -0.832. The molecule has 1 aliphatic heterocycles. The Morgan fingerprint density at radius 1 is 0.459 bits per heavy atom. The summed E-state index contributed by atoms with van der Waals surface area (Å²) in [7, 11) is 0. The first-order valence-corrected chi connectivity index (χ1v) is 35.7. The minimum atomic E-state index is -1.58. The predicted octanol–water partition coefficient (Wildman–Crippen LogP) is 18.3. The van der Waals surface area contributed by atoms with Gasteiger partial charge in [0.1, 0.15) is 24.4 Å². The molecule has 85 heavy (non-hydrogen) atoms. The summed E-state index contributed by atoms with van der Waals surface area (Å²) in [5.41, 5.74) is 0. The monoisotopic (exact) mass is 1200 g/mol. The zero-order valence-corrected chi connectivity index (χ0v) is 54.8. The number of ether oxygens (including phenoxy) is 3. The van der Waals surface area contributed by atoms with Crippen LogP contribution in [0.2, 0.25) is 0 Å². The fourth-order valence-electron chi connectivity index (χ4n) is 11.0. The van der Waals surface area contributed by atoms with Crippen molar-refractivity contribution in [1.29, 1.82) is 0 Å². The van der Waals surface area contributed by atoms with E-state index < -0.39 is 49.5 Å². The first-order chi connectivity index (χ1) is 41.7. The van der Waals surface area contributed by atoms with Gasteiger partial charge in [0.05, 0.1) is 32.0 Å². The molecule has 0 spiro atoms. The molecule has 1 fully saturated rings. The molecule has 6 N–H and O–H groups in total. The number of aliphatic hydroxyl groups excluding tert-OH is 5. The van der Waals surface area contributed by atoms with Gasteiger partial charge in [-0.05, 0) is 103 Å². The van der Waals surface area contributed by atoms with E-state index in [4.69, 9.17) is 14.2 Å². The summed E-state index contributed by atoms with van der Waals surface area (Å²) in [4.78, 5) is 25.0. The number of allylic oxidation sites excluding steroid dienone is 11. The number of aliphatic hydroxyl groups is 5. The highest BCUT2D eigenvalue weighted by molar-refractivity contribution is 5.76. The quantitative estimate of drug-likeness (QED) is 0.0195. The molecule has 0 aromatic rings. The lowest BCUT2D eigenvalue weighted by Crippen LogP contribution is -2.60. The van der Waals surface area contributed by atoms with Gasteiger partial charge in [0, 0.05) is 12.8 Å². The number of unbranched alkanes of at least 4 members (excludes halogenated alkanes) is 39. The topological polar surface area (TPSA) is 175 Å². The third-order valence-corrected chi connectivity index (χ3v) is 16.6. The average Bonchev–Trinajstić information content (AvgIpc) is 3.34. The summed E-state index contributed by atoms with van der Waals surface area (Å²) >= 11 is 0. The van der Waals surface area contributed by atoms with Gasteiger partial charge in [0.2, 0.25) is 5.91 Å². The second-order valence-corrected chi connectivity index (χ2v) is 24.6. The first-order valence-electron chi connectivity index (χ1n) is 35.7. The summed E-state index contributed by atoms with van der Waals surface area (Å²) in [6.07, 6.45) is 75.2. The Hall–Kier alpha value is -2.90. The Balaban J connectivity index is 1.91. The number of carbonyl (C=O) groups is 2. The summed E-state index contributed by atoms with van der Waals surface area (Å²) in [5.74, 6) is -0.196. The van der Waals surface area contributed by atoms with Crippen molar-refractivity contribution in [1.82, 2.24) is 5.32 Å². The van der Waals surface area contributed by atoms with Crippen molar-refractivity contribution >= 4 is 11.9 Å². The highest BCUT2D eigenvalue weighted by Gasteiger charge is 2.44. The van der Waals surface area contributed by atoms with Gasteiger partial charge in [-0.2, -0.15) is 0 Å². The average molecular weight is 1200 g/mol. The number of carbonyl (C=O) groups excluding carboxylic acids is 2. The summed E-state index contributed by atoms with van der Waals surface area (Å²) in [6.45, 7) is 4.07. The lowest BCUT2D eigenvalue weighted by atomic mass is 9.99.